The van der Waals surface area contributed by atoms with Crippen LogP contribution in [0, 0.1) is 12.7 Å². The lowest BCUT2D eigenvalue weighted by Crippen LogP contribution is -2.35. The average Bonchev–Trinajstić information content (AvgIpc) is 2.98. The van der Waals surface area contributed by atoms with E-state index in [1.165, 1.54) is 23.7 Å². The van der Waals surface area contributed by atoms with Gasteiger partial charge in [-0.2, -0.15) is 0 Å². The number of hydrogen-bond acceptors (Lipinski definition) is 9. The lowest BCUT2D eigenvalue weighted by molar-refractivity contribution is 0.322. The fourth-order valence-corrected chi connectivity index (χ4v) is 4.20. The van der Waals surface area contributed by atoms with Crippen molar-refractivity contribution in [1.29, 1.82) is 0 Å². The molecule has 3 heterocycles. The maximum Gasteiger partial charge on any atom is 0.223 e. The molecule has 1 aliphatic heterocycles. The molecular weight excluding hydrogens is 363 g/mol. The zero-order valence-corrected chi connectivity index (χ0v) is 15.6. The highest BCUT2D eigenvalue weighted by Gasteiger charge is 2.21. The van der Waals surface area contributed by atoms with Gasteiger partial charge < -0.3 is 10.5 Å². The number of nitrogens with one attached hydrogen (secondary N) is 1. The third-order valence-electron chi connectivity index (χ3n) is 3.99. The largest absolute Gasteiger partial charge is 0.411 e. The molecule has 0 bridgehead atoms. The van der Waals surface area contributed by atoms with Crippen LogP contribution in [0.2, 0.25) is 0 Å². The molecule has 0 aliphatic carbocycles. The number of aromatic nitrogens is 3. The number of oxime groups is 1. The summed E-state index contributed by atoms with van der Waals surface area (Å²) >= 11 is 2.98. The van der Waals surface area contributed by atoms with Gasteiger partial charge in [0.15, 0.2) is 5.82 Å². The van der Waals surface area contributed by atoms with Crippen molar-refractivity contribution in [2.24, 2.45) is 5.16 Å². The lowest BCUT2D eigenvalue weighted by Gasteiger charge is -2.30. The fraction of sp³-hybridized carbons (Fsp3) is 0.467. The van der Waals surface area contributed by atoms with Crippen LogP contribution in [-0.4, -0.2) is 56.1 Å². The summed E-state index contributed by atoms with van der Waals surface area (Å²) in [4.78, 5) is 13.3. The van der Waals surface area contributed by atoms with Crippen LogP contribution in [-0.2, 0) is 0 Å². The van der Waals surface area contributed by atoms with Crippen molar-refractivity contribution in [2.45, 2.75) is 25.8 Å². The maximum absolute atomic E-state index is 14.2. The number of thiazole rings is 1. The van der Waals surface area contributed by atoms with Crippen LogP contribution in [0.1, 0.15) is 23.5 Å². The normalized spacial score (nSPS) is 16.6. The van der Waals surface area contributed by atoms with Crippen LogP contribution in [0.25, 0.3) is 10.6 Å². The molecule has 2 aromatic heterocycles. The molecule has 134 valence electrons. The van der Waals surface area contributed by atoms with Gasteiger partial charge in [-0.3, -0.25) is 4.31 Å². The molecule has 3 rings (SSSR count). The third kappa shape index (κ3) is 4.25. The Morgan fingerprint density at radius 1 is 1.44 bits per heavy atom. The SMILES string of the molecule is CSN1CCC(Nc2ncc(F)c(-c3sc(/C=N/O)nc3C)n2)CC1. The predicted molar refractivity (Wildman–Crippen MR) is 98.9 cm³/mol. The second-order valence-electron chi connectivity index (χ2n) is 5.63. The summed E-state index contributed by atoms with van der Waals surface area (Å²) in [6.45, 7) is 3.78. The van der Waals surface area contributed by atoms with Crippen molar-refractivity contribution in [3.8, 4) is 10.6 Å². The molecule has 1 saturated heterocycles. The van der Waals surface area contributed by atoms with Crippen molar-refractivity contribution >= 4 is 35.4 Å². The average molecular weight is 382 g/mol. The number of rotatable bonds is 5. The second kappa shape index (κ2) is 8.07. The highest BCUT2D eigenvalue weighted by atomic mass is 32.2. The Hall–Kier alpha value is -1.78. The molecule has 7 nitrogen and oxygen atoms in total. The molecule has 25 heavy (non-hydrogen) atoms. The van der Waals surface area contributed by atoms with E-state index in [4.69, 9.17) is 5.21 Å². The van der Waals surface area contributed by atoms with Crippen LogP contribution in [0.5, 0.6) is 0 Å². The Kier molecular flexibility index (Phi) is 5.82. The highest BCUT2D eigenvalue weighted by molar-refractivity contribution is 7.96. The molecule has 10 heteroatoms. The van der Waals surface area contributed by atoms with E-state index in [9.17, 15) is 4.39 Å². The summed E-state index contributed by atoms with van der Waals surface area (Å²) in [5.74, 6) is -0.0776. The third-order valence-corrected chi connectivity index (χ3v) is 5.97. The minimum atomic E-state index is -0.498. The van der Waals surface area contributed by atoms with Gasteiger partial charge in [-0.15, -0.1) is 11.3 Å². The van der Waals surface area contributed by atoms with E-state index in [2.05, 4.69) is 36.0 Å². The monoisotopic (exact) mass is 382 g/mol. The topological polar surface area (TPSA) is 86.5 Å². The Morgan fingerprint density at radius 3 is 2.88 bits per heavy atom. The van der Waals surface area contributed by atoms with Crippen molar-refractivity contribution in [3.63, 3.8) is 0 Å². The van der Waals surface area contributed by atoms with Crippen molar-refractivity contribution in [2.75, 3.05) is 24.7 Å². The fourth-order valence-electron chi connectivity index (χ4n) is 2.70. The number of halogens is 1. The lowest BCUT2D eigenvalue weighted by atomic mass is 10.1. The molecule has 0 amide bonds. The number of aryl methyl sites for hydroxylation is 1. The molecule has 1 fully saturated rings. The van der Waals surface area contributed by atoms with Gasteiger partial charge in [-0.25, -0.2) is 19.3 Å². The van der Waals surface area contributed by atoms with Crippen molar-refractivity contribution in [3.05, 3.63) is 22.7 Å². The van der Waals surface area contributed by atoms with Gasteiger partial charge in [0.2, 0.25) is 5.95 Å². The van der Waals surface area contributed by atoms with E-state index in [-0.39, 0.29) is 11.7 Å². The van der Waals surface area contributed by atoms with Crippen LogP contribution < -0.4 is 5.32 Å². The van der Waals surface area contributed by atoms with Gasteiger partial charge in [0.1, 0.15) is 16.9 Å². The quantitative estimate of drug-likeness (QED) is 0.356. The summed E-state index contributed by atoms with van der Waals surface area (Å²) in [5, 5.41) is 15.4. The van der Waals surface area contributed by atoms with E-state index in [0.717, 1.165) is 25.9 Å². The van der Waals surface area contributed by atoms with Gasteiger partial charge in [0.25, 0.3) is 0 Å². The first-order valence-electron chi connectivity index (χ1n) is 7.84. The van der Waals surface area contributed by atoms with Crippen molar-refractivity contribution in [1.82, 2.24) is 19.3 Å². The van der Waals surface area contributed by atoms with Gasteiger partial charge >= 0.3 is 0 Å². The molecule has 0 atom stereocenters. The summed E-state index contributed by atoms with van der Waals surface area (Å²) in [5.41, 5.74) is 0.850. The summed E-state index contributed by atoms with van der Waals surface area (Å²) in [6.07, 6.45) is 6.47. The maximum atomic E-state index is 14.2. The van der Waals surface area contributed by atoms with E-state index < -0.39 is 5.82 Å². The van der Waals surface area contributed by atoms with E-state index in [0.29, 0.717) is 21.5 Å². The van der Waals surface area contributed by atoms with Gasteiger partial charge in [-0.1, -0.05) is 17.1 Å². The molecule has 0 saturated carbocycles. The van der Waals surface area contributed by atoms with Gasteiger partial charge in [0.05, 0.1) is 16.8 Å². The van der Waals surface area contributed by atoms with Crippen LogP contribution in [0.3, 0.4) is 0 Å². The molecular formula is C15H19FN6OS2. The summed E-state index contributed by atoms with van der Waals surface area (Å²) < 4.78 is 16.6. The molecule has 2 aromatic rings. The summed E-state index contributed by atoms with van der Waals surface area (Å²) in [6, 6.07) is 0.279. The molecule has 0 unspecified atom stereocenters. The number of anilines is 1. The molecule has 0 radical (unpaired) electrons. The Balaban J connectivity index is 1.79. The van der Waals surface area contributed by atoms with Crippen LogP contribution >= 0.6 is 23.3 Å². The van der Waals surface area contributed by atoms with Crippen LogP contribution in [0.4, 0.5) is 10.3 Å². The minimum Gasteiger partial charge on any atom is -0.411 e. The molecule has 1 aliphatic rings. The Bertz CT molecular complexity index is 760. The number of piperidine rings is 1. The smallest absolute Gasteiger partial charge is 0.223 e. The highest BCUT2D eigenvalue weighted by Crippen LogP contribution is 2.30. The van der Waals surface area contributed by atoms with Crippen LogP contribution in [0.15, 0.2) is 11.4 Å². The second-order valence-corrected chi connectivity index (χ2v) is 7.54. The summed E-state index contributed by atoms with van der Waals surface area (Å²) in [7, 11) is 0. The number of nitrogens with zero attached hydrogens (tertiary/aromatic N) is 5. The van der Waals surface area contributed by atoms with Gasteiger partial charge in [0, 0.05) is 19.1 Å². The first kappa shape index (κ1) is 18.0. The Morgan fingerprint density at radius 2 is 2.20 bits per heavy atom. The standard InChI is InChI=1S/C15H19FN6OS2/c1-9-14(25-12(19-9)8-18-23)13-11(16)7-17-15(21-13)20-10-3-5-22(24-2)6-4-10/h7-8,10,23H,3-6H2,1-2H3,(H,17,20,21)/b18-8+. The van der Waals surface area contributed by atoms with E-state index >= 15 is 0 Å². The Labute approximate surface area is 153 Å². The molecule has 0 spiro atoms. The van der Waals surface area contributed by atoms with Crippen molar-refractivity contribution < 1.29 is 9.60 Å². The van der Waals surface area contributed by atoms with E-state index in [1.807, 2.05) is 0 Å². The van der Waals surface area contributed by atoms with Gasteiger partial charge in [-0.05, 0) is 26.0 Å². The molecule has 0 aromatic carbocycles. The first-order chi connectivity index (χ1) is 12.1. The molecule has 2 N–H and O–H groups in total. The number of hydrogen-bond donors (Lipinski definition) is 2. The zero-order chi connectivity index (χ0) is 17.8. The first-order valence-corrected chi connectivity index (χ1v) is 9.84. The minimum absolute atomic E-state index is 0.214. The van der Waals surface area contributed by atoms with E-state index in [1.54, 1.807) is 18.9 Å². The predicted octanol–water partition coefficient (Wildman–Crippen LogP) is 3.01. The zero-order valence-electron chi connectivity index (χ0n) is 13.9.